The highest BCUT2D eigenvalue weighted by Crippen LogP contribution is 2.22. The van der Waals surface area contributed by atoms with Crippen LogP contribution in [0.4, 0.5) is 0 Å². The van der Waals surface area contributed by atoms with Crippen LogP contribution >= 0.6 is 0 Å². The number of morpholine rings is 1. The number of aryl methyl sites for hydroxylation is 3. The fourth-order valence-electron chi connectivity index (χ4n) is 2.67. The van der Waals surface area contributed by atoms with Crippen molar-refractivity contribution < 1.29 is 9.53 Å². The van der Waals surface area contributed by atoms with E-state index >= 15 is 0 Å². The first-order valence-electron chi connectivity index (χ1n) is 7.52. The number of H-pyrrole nitrogens is 1. The maximum Gasteiger partial charge on any atom is 0.225 e. The summed E-state index contributed by atoms with van der Waals surface area (Å²) in [6, 6.07) is 1.81. The van der Waals surface area contributed by atoms with E-state index in [1.54, 1.807) is 10.9 Å². The predicted molar refractivity (Wildman–Crippen MR) is 80.2 cm³/mol. The highest BCUT2D eigenvalue weighted by molar-refractivity contribution is 5.76. The van der Waals surface area contributed by atoms with E-state index in [1.165, 1.54) is 0 Å². The van der Waals surface area contributed by atoms with Gasteiger partial charge in [-0.15, -0.1) is 0 Å². The molecule has 1 N–H and O–H groups in total. The van der Waals surface area contributed by atoms with E-state index < -0.39 is 0 Å². The van der Waals surface area contributed by atoms with Crippen LogP contribution in [0.25, 0.3) is 0 Å². The van der Waals surface area contributed by atoms with Crippen LogP contribution in [0.1, 0.15) is 29.7 Å². The first kappa shape index (κ1) is 14.8. The number of carbonyl (C=O) groups is 1. The lowest BCUT2D eigenvalue weighted by Crippen LogP contribution is -2.44. The zero-order valence-corrected chi connectivity index (χ0v) is 13.0. The van der Waals surface area contributed by atoms with Crippen molar-refractivity contribution in [3.63, 3.8) is 0 Å². The van der Waals surface area contributed by atoms with Crippen LogP contribution in [0.5, 0.6) is 0 Å². The largest absolute Gasteiger partial charge is 0.377 e. The van der Waals surface area contributed by atoms with Gasteiger partial charge in [0.2, 0.25) is 5.91 Å². The number of aromatic amines is 1. The molecule has 7 heteroatoms. The Morgan fingerprint density at radius 1 is 1.50 bits per heavy atom. The highest BCUT2D eigenvalue weighted by Gasteiger charge is 2.30. The van der Waals surface area contributed by atoms with Gasteiger partial charge in [0.05, 0.1) is 18.9 Å². The summed E-state index contributed by atoms with van der Waals surface area (Å²) < 4.78 is 7.33. The van der Waals surface area contributed by atoms with Crippen LogP contribution in [-0.4, -0.2) is 50.3 Å². The second-order valence-electron chi connectivity index (χ2n) is 5.60. The van der Waals surface area contributed by atoms with Crippen LogP contribution in [0.2, 0.25) is 0 Å². The average Bonchev–Trinajstić information content (AvgIpc) is 3.13. The van der Waals surface area contributed by atoms with Crippen molar-refractivity contribution in [3.8, 4) is 0 Å². The Morgan fingerprint density at radius 3 is 3.05 bits per heavy atom. The number of rotatable bonds is 4. The fraction of sp³-hybridized carbons (Fsp3) is 0.533. The molecule has 0 bridgehead atoms. The molecule has 0 saturated carbocycles. The fourth-order valence-corrected chi connectivity index (χ4v) is 2.67. The summed E-state index contributed by atoms with van der Waals surface area (Å²) in [5, 5.41) is 4.31. The zero-order chi connectivity index (χ0) is 15.5. The smallest absolute Gasteiger partial charge is 0.225 e. The quantitative estimate of drug-likeness (QED) is 0.921. The zero-order valence-electron chi connectivity index (χ0n) is 13.0. The molecule has 0 aliphatic carbocycles. The van der Waals surface area contributed by atoms with Gasteiger partial charge in [0.25, 0.3) is 0 Å². The SMILES string of the molecule is Cc1ccn(CCC(=O)N2CCOC[C@@H]2c2ncc(C)[nH]2)n1. The third-order valence-corrected chi connectivity index (χ3v) is 3.82. The lowest BCUT2D eigenvalue weighted by Gasteiger charge is -2.34. The summed E-state index contributed by atoms with van der Waals surface area (Å²) in [4.78, 5) is 22.0. The van der Waals surface area contributed by atoms with E-state index in [9.17, 15) is 4.79 Å². The standard InChI is InChI=1S/C15H21N5O2/c1-11-3-5-19(18-11)6-4-14(21)20-7-8-22-10-13(20)15-16-9-12(2)17-15/h3,5,9,13H,4,6-8,10H2,1-2H3,(H,16,17)/t13-/m1/s1. The molecule has 0 radical (unpaired) electrons. The Labute approximate surface area is 129 Å². The molecule has 1 aliphatic heterocycles. The van der Waals surface area contributed by atoms with Crippen molar-refractivity contribution in [2.24, 2.45) is 0 Å². The second kappa shape index (κ2) is 6.31. The predicted octanol–water partition coefficient (Wildman–Crippen LogP) is 1.21. The van der Waals surface area contributed by atoms with E-state index in [0.717, 1.165) is 17.2 Å². The number of hydrogen-bond donors (Lipinski definition) is 1. The van der Waals surface area contributed by atoms with Crippen LogP contribution in [0, 0.1) is 13.8 Å². The van der Waals surface area contributed by atoms with Gasteiger partial charge in [-0.3, -0.25) is 9.48 Å². The summed E-state index contributed by atoms with van der Waals surface area (Å²) in [6.07, 6.45) is 4.10. The molecule has 2 aromatic heterocycles. The minimum Gasteiger partial charge on any atom is -0.377 e. The second-order valence-corrected chi connectivity index (χ2v) is 5.60. The summed E-state index contributed by atoms with van der Waals surface area (Å²) in [7, 11) is 0. The molecular weight excluding hydrogens is 282 g/mol. The lowest BCUT2D eigenvalue weighted by molar-refractivity contribution is -0.140. The van der Waals surface area contributed by atoms with E-state index in [4.69, 9.17) is 4.74 Å². The Bertz CT molecular complexity index is 648. The van der Waals surface area contributed by atoms with Gasteiger partial charge in [0.15, 0.2) is 0 Å². The Morgan fingerprint density at radius 2 is 2.36 bits per heavy atom. The van der Waals surface area contributed by atoms with E-state index in [-0.39, 0.29) is 11.9 Å². The minimum atomic E-state index is -0.130. The van der Waals surface area contributed by atoms with Crippen molar-refractivity contribution in [2.75, 3.05) is 19.8 Å². The molecule has 1 aliphatic rings. The first-order valence-corrected chi connectivity index (χ1v) is 7.52. The minimum absolute atomic E-state index is 0.107. The molecule has 2 aromatic rings. The first-order chi connectivity index (χ1) is 10.6. The van der Waals surface area contributed by atoms with Gasteiger partial charge < -0.3 is 14.6 Å². The molecule has 0 spiro atoms. The van der Waals surface area contributed by atoms with Crippen molar-refractivity contribution in [1.29, 1.82) is 0 Å². The molecule has 7 nitrogen and oxygen atoms in total. The molecular formula is C15H21N5O2. The van der Waals surface area contributed by atoms with Gasteiger partial charge in [0.1, 0.15) is 11.9 Å². The summed E-state index contributed by atoms with van der Waals surface area (Å²) in [5.41, 5.74) is 1.95. The Hall–Kier alpha value is -2.15. The number of ether oxygens (including phenoxy) is 1. The van der Waals surface area contributed by atoms with Crippen LogP contribution in [0.3, 0.4) is 0 Å². The van der Waals surface area contributed by atoms with E-state index in [1.807, 2.05) is 31.0 Å². The molecule has 1 saturated heterocycles. The number of carbonyl (C=O) groups excluding carboxylic acids is 1. The van der Waals surface area contributed by atoms with Gasteiger partial charge in [-0.05, 0) is 19.9 Å². The molecule has 0 unspecified atom stereocenters. The molecule has 22 heavy (non-hydrogen) atoms. The molecule has 1 amide bonds. The highest BCUT2D eigenvalue weighted by atomic mass is 16.5. The number of nitrogens with zero attached hydrogens (tertiary/aromatic N) is 4. The van der Waals surface area contributed by atoms with Gasteiger partial charge in [-0.2, -0.15) is 5.10 Å². The van der Waals surface area contributed by atoms with E-state index in [2.05, 4.69) is 15.1 Å². The van der Waals surface area contributed by atoms with E-state index in [0.29, 0.717) is 32.7 Å². The third kappa shape index (κ3) is 3.19. The molecule has 3 rings (SSSR count). The maximum atomic E-state index is 12.6. The van der Waals surface area contributed by atoms with Gasteiger partial charge in [0, 0.05) is 37.6 Å². The lowest BCUT2D eigenvalue weighted by atomic mass is 10.2. The number of imidazole rings is 1. The molecule has 1 atom stereocenters. The molecule has 1 fully saturated rings. The summed E-state index contributed by atoms with van der Waals surface area (Å²) in [6.45, 7) is 6.14. The third-order valence-electron chi connectivity index (χ3n) is 3.82. The topological polar surface area (TPSA) is 76.0 Å². The number of amides is 1. The van der Waals surface area contributed by atoms with Crippen molar-refractivity contribution >= 4 is 5.91 Å². The van der Waals surface area contributed by atoms with Gasteiger partial charge in [-0.1, -0.05) is 0 Å². The van der Waals surface area contributed by atoms with Crippen LogP contribution < -0.4 is 0 Å². The summed E-state index contributed by atoms with van der Waals surface area (Å²) in [5.74, 6) is 0.899. The van der Waals surface area contributed by atoms with Gasteiger partial charge in [-0.25, -0.2) is 4.98 Å². The van der Waals surface area contributed by atoms with Crippen LogP contribution in [-0.2, 0) is 16.1 Å². The monoisotopic (exact) mass is 303 g/mol. The summed E-state index contributed by atoms with van der Waals surface area (Å²) >= 11 is 0. The average molecular weight is 303 g/mol. The van der Waals surface area contributed by atoms with Crippen LogP contribution in [0.15, 0.2) is 18.5 Å². The molecule has 118 valence electrons. The number of hydrogen-bond acceptors (Lipinski definition) is 4. The number of aromatic nitrogens is 4. The molecule has 0 aromatic carbocycles. The Kier molecular flexibility index (Phi) is 4.24. The Balaban J connectivity index is 1.66. The van der Waals surface area contributed by atoms with Gasteiger partial charge >= 0.3 is 0 Å². The maximum absolute atomic E-state index is 12.6. The number of nitrogens with one attached hydrogen (secondary N) is 1. The van der Waals surface area contributed by atoms with Crippen molar-refractivity contribution in [3.05, 3.63) is 35.7 Å². The van der Waals surface area contributed by atoms with Crippen molar-refractivity contribution in [2.45, 2.75) is 32.9 Å². The normalized spacial score (nSPS) is 18.6. The molecule has 3 heterocycles. The van der Waals surface area contributed by atoms with Crippen molar-refractivity contribution in [1.82, 2.24) is 24.6 Å².